The van der Waals surface area contributed by atoms with Gasteiger partial charge in [-0.3, -0.25) is 4.90 Å². The average molecular weight is 215 g/mol. The van der Waals surface area contributed by atoms with Crippen molar-refractivity contribution in [1.82, 2.24) is 4.90 Å². The molecule has 0 radical (unpaired) electrons. The van der Waals surface area contributed by atoms with E-state index in [2.05, 4.69) is 11.8 Å². The lowest BCUT2D eigenvalue weighted by atomic mass is 9.92. The van der Waals surface area contributed by atoms with Crippen LogP contribution in [0, 0.1) is 0 Å². The van der Waals surface area contributed by atoms with Gasteiger partial charge in [-0.15, -0.1) is 0 Å². The van der Waals surface area contributed by atoms with Crippen LogP contribution in [0.15, 0.2) is 0 Å². The lowest BCUT2D eigenvalue weighted by Gasteiger charge is -2.35. The summed E-state index contributed by atoms with van der Waals surface area (Å²) in [5, 5.41) is 18.5. The zero-order valence-electron chi connectivity index (χ0n) is 9.86. The summed E-state index contributed by atoms with van der Waals surface area (Å²) in [6, 6.07) is 0.590. The van der Waals surface area contributed by atoms with Crippen molar-refractivity contribution in [1.29, 1.82) is 0 Å². The Morgan fingerprint density at radius 3 is 2.33 bits per heavy atom. The van der Waals surface area contributed by atoms with Crippen molar-refractivity contribution < 1.29 is 10.2 Å². The summed E-state index contributed by atoms with van der Waals surface area (Å²) >= 11 is 0. The summed E-state index contributed by atoms with van der Waals surface area (Å²) in [6.07, 6.45) is 6.37. The highest BCUT2D eigenvalue weighted by Gasteiger charge is 2.23. The van der Waals surface area contributed by atoms with Gasteiger partial charge in [-0.2, -0.15) is 0 Å². The van der Waals surface area contributed by atoms with Crippen molar-refractivity contribution in [2.24, 2.45) is 0 Å². The second-order valence-electron chi connectivity index (χ2n) is 4.58. The van der Waals surface area contributed by atoms with E-state index in [0.717, 1.165) is 38.8 Å². The Morgan fingerprint density at radius 2 is 1.80 bits per heavy atom. The minimum Gasteiger partial charge on any atom is -0.395 e. The second-order valence-corrected chi connectivity index (χ2v) is 4.58. The van der Waals surface area contributed by atoms with Crippen LogP contribution in [-0.2, 0) is 0 Å². The summed E-state index contributed by atoms with van der Waals surface area (Å²) in [6.45, 7) is 4.34. The number of unbranched alkanes of at least 4 members (excludes halogenated alkanes) is 1. The zero-order chi connectivity index (χ0) is 11.1. The van der Waals surface area contributed by atoms with E-state index in [1.165, 1.54) is 12.8 Å². The van der Waals surface area contributed by atoms with Gasteiger partial charge in [0.25, 0.3) is 0 Å². The fourth-order valence-electron chi connectivity index (χ4n) is 2.39. The van der Waals surface area contributed by atoms with Crippen LogP contribution in [0.5, 0.6) is 0 Å². The molecule has 2 N–H and O–H groups in total. The van der Waals surface area contributed by atoms with E-state index in [-0.39, 0.29) is 12.7 Å². The highest BCUT2D eigenvalue weighted by molar-refractivity contribution is 4.79. The fourth-order valence-corrected chi connectivity index (χ4v) is 2.39. The average Bonchev–Trinajstić information content (AvgIpc) is 2.25. The molecule has 15 heavy (non-hydrogen) atoms. The Morgan fingerprint density at radius 1 is 1.13 bits per heavy atom. The first-order valence-corrected chi connectivity index (χ1v) is 6.31. The Kier molecular flexibility index (Phi) is 6.22. The molecule has 0 aromatic rings. The van der Waals surface area contributed by atoms with Gasteiger partial charge in [-0.1, -0.05) is 13.3 Å². The van der Waals surface area contributed by atoms with Crippen molar-refractivity contribution in [2.45, 2.75) is 57.6 Å². The molecule has 0 atom stereocenters. The van der Waals surface area contributed by atoms with E-state index in [4.69, 9.17) is 5.11 Å². The number of nitrogens with zero attached hydrogens (tertiary/aromatic N) is 1. The molecule has 3 heteroatoms. The molecule has 3 nitrogen and oxygen atoms in total. The third-order valence-electron chi connectivity index (χ3n) is 3.37. The minimum atomic E-state index is -0.0802. The Hall–Kier alpha value is -0.120. The Labute approximate surface area is 93.1 Å². The van der Waals surface area contributed by atoms with Crippen LogP contribution in [-0.4, -0.2) is 47.0 Å². The van der Waals surface area contributed by atoms with Crippen molar-refractivity contribution in [2.75, 3.05) is 19.7 Å². The van der Waals surface area contributed by atoms with Gasteiger partial charge in [0.15, 0.2) is 0 Å². The molecule has 1 aliphatic rings. The molecule has 0 aromatic carbocycles. The topological polar surface area (TPSA) is 43.7 Å². The molecule has 1 aliphatic carbocycles. The van der Waals surface area contributed by atoms with Crippen LogP contribution in [0.4, 0.5) is 0 Å². The molecule has 0 spiro atoms. The largest absolute Gasteiger partial charge is 0.395 e. The third kappa shape index (κ3) is 4.49. The Balaban J connectivity index is 2.33. The highest BCUT2D eigenvalue weighted by atomic mass is 16.3. The predicted molar refractivity (Wildman–Crippen MR) is 61.8 cm³/mol. The van der Waals surface area contributed by atoms with E-state index in [9.17, 15) is 5.11 Å². The SMILES string of the molecule is CCCCN(CCO)C1CCC(O)CC1. The van der Waals surface area contributed by atoms with Crippen LogP contribution in [0.3, 0.4) is 0 Å². The molecule has 0 bridgehead atoms. The first kappa shape index (κ1) is 12.9. The lowest BCUT2D eigenvalue weighted by Crippen LogP contribution is -2.41. The molecule has 0 unspecified atom stereocenters. The standard InChI is InChI=1S/C12H25NO2/c1-2-3-8-13(9-10-14)11-4-6-12(15)7-5-11/h11-12,14-15H,2-10H2,1H3. The van der Waals surface area contributed by atoms with Gasteiger partial charge in [0, 0.05) is 12.6 Å². The molecule has 1 rings (SSSR count). The number of aliphatic hydroxyl groups excluding tert-OH is 2. The number of rotatable bonds is 6. The maximum atomic E-state index is 9.45. The zero-order valence-corrected chi connectivity index (χ0v) is 9.86. The number of hydrogen-bond donors (Lipinski definition) is 2. The normalized spacial score (nSPS) is 27.2. The summed E-state index contributed by atoms with van der Waals surface area (Å²) in [7, 11) is 0. The molecule has 1 saturated carbocycles. The van der Waals surface area contributed by atoms with E-state index >= 15 is 0 Å². The first-order chi connectivity index (χ1) is 7.27. The van der Waals surface area contributed by atoms with Crippen molar-refractivity contribution >= 4 is 0 Å². The molecule has 0 aromatic heterocycles. The maximum Gasteiger partial charge on any atom is 0.0558 e. The molecular weight excluding hydrogens is 190 g/mol. The van der Waals surface area contributed by atoms with Crippen LogP contribution in [0.25, 0.3) is 0 Å². The highest BCUT2D eigenvalue weighted by Crippen LogP contribution is 2.23. The van der Waals surface area contributed by atoms with E-state index in [1.807, 2.05) is 0 Å². The molecular formula is C12H25NO2. The maximum absolute atomic E-state index is 9.45. The van der Waals surface area contributed by atoms with Gasteiger partial charge in [-0.05, 0) is 38.6 Å². The first-order valence-electron chi connectivity index (χ1n) is 6.31. The third-order valence-corrected chi connectivity index (χ3v) is 3.37. The summed E-state index contributed by atoms with van der Waals surface area (Å²) in [4.78, 5) is 2.40. The summed E-state index contributed by atoms with van der Waals surface area (Å²) < 4.78 is 0. The van der Waals surface area contributed by atoms with E-state index in [1.54, 1.807) is 0 Å². The van der Waals surface area contributed by atoms with E-state index < -0.39 is 0 Å². The second kappa shape index (κ2) is 7.20. The van der Waals surface area contributed by atoms with Crippen LogP contribution in [0.2, 0.25) is 0 Å². The number of aliphatic hydroxyl groups is 2. The molecule has 0 amide bonds. The van der Waals surface area contributed by atoms with Crippen molar-refractivity contribution in [3.63, 3.8) is 0 Å². The molecule has 0 heterocycles. The van der Waals surface area contributed by atoms with Gasteiger partial charge < -0.3 is 10.2 Å². The number of hydrogen-bond acceptors (Lipinski definition) is 3. The van der Waals surface area contributed by atoms with Crippen LogP contribution >= 0.6 is 0 Å². The molecule has 0 aliphatic heterocycles. The molecule has 90 valence electrons. The smallest absolute Gasteiger partial charge is 0.0558 e. The molecule has 1 fully saturated rings. The van der Waals surface area contributed by atoms with Gasteiger partial charge in [0.05, 0.1) is 12.7 Å². The Bertz CT molecular complexity index is 156. The summed E-state index contributed by atoms with van der Waals surface area (Å²) in [5.74, 6) is 0. The summed E-state index contributed by atoms with van der Waals surface area (Å²) in [5.41, 5.74) is 0. The quantitative estimate of drug-likeness (QED) is 0.703. The predicted octanol–water partition coefficient (Wildman–Crippen LogP) is 1.38. The molecule has 0 saturated heterocycles. The van der Waals surface area contributed by atoms with Crippen LogP contribution < -0.4 is 0 Å². The monoisotopic (exact) mass is 215 g/mol. The van der Waals surface area contributed by atoms with Crippen LogP contribution in [0.1, 0.15) is 45.4 Å². The van der Waals surface area contributed by atoms with Gasteiger partial charge in [0.2, 0.25) is 0 Å². The minimum absolute atomic E-state index is 0.0802. The van der Waals surface area contributed by atoms with Gasteiger partial charge in [-0.25, -0.2) is 0 Å². The van der Waals surface area contributed by atoms with Gasteiger partial charge in [0.1, 0.15) is 0 Å². The van der Waals surface area contributed by atoms with Crippen molar-refractivity contribution in [3.8, 4) is 0 Å². The van der Waals surface area contributed by atoms with Gasteiger partial charge >= 0.3 is 0 Å². The van der Waals surface area contributed by atoms with Crippen molar-refractivity contribution in [3.05, 3.63) is 0 Å². The fraction of sp³-hybridized carbons (Fsp3) is 1.00. The lowest BCUT2D eigenvalue weighted by molar-refractivity contribution is 0.0643. The van der Waals surface area contributed by atoms with E-state index in [0.29, 0.717) is 6.04 Å².